The first-order chi connectivity index (χ1) is 17.5. The van der Waals surface area contributed by atoms with Crippen LogP contribution in [0.5, 0.6) is 5.75 Å². The Balaban J connectivity index is 1.95. The Bertz CT molecular complexity index is 1450. The van der Waals surface area contributed by atoms with Crippen molar-refractivity contribution in [3.05, 3.63) is 99.6 Å². The van der Waals surface area contributed by atoms with Gasteiger partial charge >= 0.3 is 0 Å². The van der Waals surface area contributed by atoms with Crippen molar-refractivity contribution in [1.29, 1.82) is 5.26 Å². The summed E-state index contributed by atoms with van der Waals surface area (Å²) in [5.41, 5.74) is 4.62. The molecule has 1 aliphatic heterocycles. The molecule has 3 aromatic rings. The monoisotopic (exact) mass is 494 g/mol. The van der Waals surface area contributed by atoms with E-state index in [0.29, 0.717) is 33.7 Å². The quantitative estimate of drug-likeness (QED) is 0.269. The van der Waals surface area contributed by atoms with Crippen LogP contribution in [0.25, 0.3) is 5.76 Å². The highest BCUT2D eigenvalue weighted by Gasteiger charge is 2.47. The van der Waals surface area contributed by atoms with E-state index in [2.05, 4.69) is 26.8 Å². The average molecular weight is 495 g/mol. The molecular formula is C31H30N2O4. The number of ether oxygens (including phenoxy) is 1. The Morgan fingerprint density at radius 1 is 0.973 bits per heavy atom. The number of Topliss-reactive ketones (excluding diaryl/α,β-unsaturated/α-hetero) is 1. The maximum Gasteiger partial charge on any atom is 0.300 e. The Morgan fingerprint density at radius 3 is 2.14 bits per heavy atom. The number of ketones is 1. The zero-order valence-corrected chi connectivity index (χ0v) is 21.9. The molecule has 1 saturated heterocycles. The smallest absolute Gasteiger partial charge is 0.300 e. The van der Waals surface area contributed by atoms with Gasteiger partial charge in [0.1, 0.15) is 11.5 Å². The van der Waals surface area contributed by atoms with E-state index in [9.17, 15) is 20.0 Å². The number of rotatable bonds is 4. The minimum absolute atomic E-state index is 0.0190. The van der Waals surface area contributed by atoms with E-state index < -0.39 is 17.7 Å². The molecule has 6 nitrogen and oxygen atoms in total. The lowest BCUT2D eigenvalue weighted by molar-refractivity contribution is -0.132. The number of carbonyl (C=O) groups is 2. The molecule has 1 aliphatic rings. The minimum atomic E-state index is -0.844. The van der Waals surface area contributed by atoms with Crippen molar-refractivity contribution in [1.82, 2.24) is 0 Å². The van der Waals surface area contributed by atoms with E-state index in [1.54, 1.807) is 43.5 Å². The van der Waals surface area contributed by atoms with Crippen LogP contribution in [0, 0.1) is 25.2 Å². The standard InChI is InChI=1S/C31H30N2O4/c1-18-16-25(37-6)19(2)15-24(18)28(34)26-27(21-9-11-22(12-10-21)31(3,4)5)33(30(36)29(26)35)23-13-7-20(17-32)8-14-23/h7-16,27,34H,1-6H3/b28-26+. The second-order valence-electron chi connectivity index (χ2n) is 10.3. The molecule has 37 heavy (non-hydrogen) atoms. The second-order valence-corrected chi connectivity index (χ2v) is 10.3. The van der Waals surface area contributed by atoms with E-state index in [-0.39, 0.29) is 16.7 Å². The van der Waals surface area contributed by atoms with Crippen LogP contribution in [-0.4, -0.2) is 23.9 Å². The van der Waals surface area contributed by atoms with Crippen LogP contribution in [0.4, 0.5) is 5.69 Å². The molecule has 1 fully saturated rings. The van der Waals surface area contributed by atoms with Crippen LogP contribution in [0.15, 0.2) is 66.2 Å². The van der Waals surface area contributed by atoms with Gasteiger partial charge in [-0.3, -0.25) is 14.5 Å². The third-order valence-corrected chi connectivity index (χ3v) is 6.81. The zero-order valence-electron chi connectivity index (χ0n) is 21.9. The molecule has 0 bridgehead atoms. The molecule has 1 atom stereocenters. The van der Waals surface area contributed by atoms with Gasteiger partial charge in [-0.05, 0) is 77.9 Å². The summed E-state index contributed by atoms with van der Waals surface area (Å²) in [4.78, 5) is 28.3. The summed E-state index contributed by atoms with van der Waals surface area (Å²) in [6.45, 7) is 10.0. The molecule has 0 spiro atoms. The van der Waals surface area contributed by atoms with Crippen molar-refractivity contribution >= 4 is 23.1 Å². The van der Waals surface area contributed by atoms with Gasteiger partial charge in [0.25, 0.3) is 11.7 Å². The number of methoxy groups -OCH3 is 1. The van der Waals surface area contributed by atoms with Gasteiger partial charge in [-0.25, -0.2) is 0 Å². The van der Waals surface area contributed by atoms with Gasteiger partial charge < -0.3 is 9.84 Å². The molecule has 188 valence electrons. The highest BCUT2D eigenvalue weighted by atomic mass is 16.5. The molecule has 1 N–H and O–H groups in total. The Labute approximate surface area is 217 Å². The van der Waals surface area contributed by atoms with Crippen molar-refractivity contribution in [2.75, 3.05) is 12.0 Å². The fourth-order valence-corrected chi connectivity index (χ4v) is 4.69. The first kappa shape index (κ1) is 25.7. The predicted molar refractivity (Wildman–Crippen MR) is 144 cm³/mol. The van der Waals surface area contributed by atoms with Gasteiger partial charge in [0, 0.05) is 11.3 Å². The molecule has 1 unspecified atom stereocenters. The largest absolute Gasteiger partial charge is 0.507 e. The number of hydrogen-bond acceptors (Lipinski definition) is 5. The lowest BCUT2D eigenvalue weighted by Gasteiger charge is -2.27. The Hall–Kier alpha value is -4.37. The number of aryl methyl sites for hydroxylation is 2. The Morgan fingerprint density at radius 2 is 1.59 bits per heavy atom. The number of carbonyl (C=O) groups excluding carboxylic acids is 2. The van der Waals surface area contributed by atoms with E-state index in [1.807, 2.05) is 38.1 Å². The summed E-state index contributed by atoms with van der Waals surface area (Å²) in [5.74, 6) is -1.07. The molecule has 4 rings (SSSR count). The fraction of sp³-hybridized carbons (Fsp3) is 0.258. The molecule has 1 amide bonds. The van der Waals surface area contributed by atoms with E-state index in [4.69, 9.17) is 4.74 Å². The van der Waals surface area contributed by atoms with Crippen molar-refractivity contribution < 1.29 is 19.4 Å². The van der Waals surface area contributed by atoms with E-state index >= 15 is 0 Å². The normalized spacial score (nSPS) is 17.1. The minimum Gasteiger partial charge on any atom is -0.507 e. The lowest BCUT2D eigenvalue weighted by atomic mass is 9.85. The number of nitrogens with zero attached hydrogens (tertiary/aromatic N) is 2. The van der Waals surface area contributed by atoms with Crippen molar-refractivity contribution in [3.8, 4) is 11.8 Å². The SMILES string of the molecule is COc1cc(C)c(/C(O)=C2\C(=O)C(=O)N(c3ccc(C#N)cc3)C2c2ccc(C(C)(C)C)cc2)cc1C. The summed E-state index contributed by atoms with van der Waals surface area (Å²) in [5, 5.41) is 20.7. The zero-order chi connectivity index (χ0) is 27.1. The molecule has 0 saturated carbocycles. The highest BCUT2D eigenvalue weighted by Crippen LogP contribution is 2.43. The second kappa shape index (κ2) is 9.59. The summed E-state index contributed by atoms with van der Waals surface area (Å²) in [6.07, 6.45) is 0. The Kier molecular flexibility index (Phi) is 6.66. The third-order valence-electron chi connectivity index (χ3n) is 6.81. The molecule has 0 aliphatic carbocycles. The number of aliphatic hydroxyl groups is 1. The number of benzene rings is 3. The van der Waals surface area contributed by atoms with E-state index in [1.165, 1.54) is 4.90 Å². The van der Waals surface area contributed by atoms with E-state index in [0.717, 1.165) is 11.1 Å². The van der Waals surface area contributed by atoms with Crippen LogP contribution in [0.3, 0.4) is 0 Å². The maximum atomic E-state index is 13.5. The average Bonchev–Trinajstić information content (AvgIpc) is 3.14. The number of nitriles is 1. The third kappa shape index (κ3) is 4.61. The van der Waals surface area contributed by atoms with Crippen LogP contribution in [0.1, 0.15) is 60.2 Å². The van der Waals surface area contributed by atoms with Gasteiger partial charge in [-0.1, -0.05) is 45.0 Å². The maximum absolute atomic E-state index is 13.5. The van der Waals surface area contributed by atoms with Gasteiger partial charge in [-0.15, -0.1) is 0 Å². The first-order valence-electron chi connectivity index (χ1n) is 12.0. The van der Waals surface area contributed by atoms with Crippen molar-refractivity contribution in [2.24, 2.45) is 0 Å². The van der Waals surface area contributed by atoms with Crippen LogP contribution in [0.2, 0.25) is 0 Å². The first-order valence-corrected chi connectivity index (χ1v) is 12.0. The molecule has 0 radical (unpaired) electrons. The molecule has 6 heteroatoms. The lowest BCUT2D eigenvalue weighted by Crippen LogP contribution is -2.29. The van der Waals surface area contributed by atoms with Crippen molar-refractivity contribution in [3.63, 3.8) is 0 Å². The number of anilines is 1. The predicted octanol–water partition coefficient (Wildman–Crippen LogP) is 6.11. The summed E-state index contributed by atoms with van der Waals surface area (Å²) < 4.78 is 5.40. The van der Waals surface area contributed by atoms with Crippen LogP contribution < -0.4 is 9.64 Å². The number of amides is 1. The fourth-order valence-electron chi connectivity index (χ4n) is 4.69. The van der Waals surface area contributed by atoms with Gasteiger partial charge in [0.05, 0.1) is 30.4 Å². The molecular weight excluding hydrogens is 464 g/mol. The van der Waals surface area contributed by atoms with Crippen LogP contribution >= 0.6 is 0 Å². The van der Waals surface area contributed by atoms with Crippen molar-refractivity contribution in [2.45, 2.75) is 46.1 Å². The summed E-state index contributed by atoms with van der Waals surface area (Å²) >= 11 is 0. The molecule has 3 aromatic carbocycles. The topological polar surface area (TPSA) is 90.6 Å². The van der Waals surface area contributed by atoms with Crippen LogP contribution in [-0.2, 0) is 15.0 Å². The number of aliphatic hydroxyl groups excluding tert-OH is 1. The van der Waals surface area contributed by atoms with Gasteiger partial charge in [0.2, 0.25) is 0 Å². The van der Waals surface area contributed by atoms with Gasteiger partial charge in [-0.2, -0.15) is 5.26 Å². The highest BCUT2D eigenvalue weighted by molar-refractivity contribution is 6.51. The molecule has 1 heterocycles. The van der Waals surface area contributed by atoms with Gasteiger partial charge in [0.15, 0.2) is 0 Å². The number of hydrogen-bond donors (Lipinski definition) is 1. The molecule has 0 aromatic heterocycles. The summed E-state index contributed by atoms with van der Waals surface area (Å²) in [6, 6.07) is 19.0. The summed E-state index contributed by atoms with van der Waals surface area (Å²) in [7, 11) is 1.58.